The van der Waals surface area contributed by atoms with Crippen molar-refractivity contribution in [3.05, 3.63) is 24.5 Å². The van der Waals surface area contributed by atoms with Crippen LogP contribution in [0.15, 0.2) is 24.5 Å². The van der Waals surface area contributed by atoms with E-state index in [1.807, 2.05) is 22.8 Å². The van der Waals surface area contributed by atoms with Crippen LogP contribution in [0.4, 0.5) is 10.5 Å². The number of amides is 2. The maximum absolute atomic E-state index is 11.6. The van der Waals surface area contributed by atoms with Gasteiger partial charge in [-0.2, -0.15) is 0 Å². The third-order valence-electron chi connectivity index (χ3n) is 3.49. The number of imidazole rings is 1. The number of carbonyl (C=O) groups excluding carboxylic acids is 1. The normalized spacial score (nSPS) is 11.7. The van der Waals surface area contributed by atoms with E-state index >= 15 is 0 Å². The summed E-state index contributed by atoms with van der Waals surface area (Å²) >= 11 is 5.54. The number of hydrogen-bond acceptors (Lipinski definition) is 3. The molecular formula is C16H25ClN4O2Si. The molecule has 0 atom stereocenters. The lowest BCUT2D eigenvalue weighted by atomic mass is 10.3. The molecule has 6 nitrogen and oxygen atoms in total. The first-order valence-electron chi connectivity index (χ1n) is 8.02. The van der Waals surface area contributed by atoms with Crippen LogP contribution in [0.5, 0.6) is 0 Å². The summed E-state index contributed by atoms with van der Waals surface area (Å²) in [7, 11) is -1.07. The molecule has 0 unspecified atom stereocenters. The Labute approximate surface area is 148 Å². The van der Waals surface area contributed by atoms with Gasteiger partial charge >= 0.3 is 6.03 Å². The van der Waals surface area contributed by atoms with Gasteiger partial charge in [0.1, 0.15) is 6.73 Å². The molecule has 1 heterocycles. The molecule has 0 aliphatic rings. The van der Waals surface area contributed by atoms with E-state index in [0.29, 0.717) is 24.8 Å². The minimum atomic E-state index is -1.07. The number of anilines is 1. The molecule has 2 aromatic rings. The Morgan fingerprint density at radius 2 is 2.17 bits per heavy atom. The molecule has 0 radical (unpaired) electrons. The minimum Gasteiger partial charge on any atom is -0.361 e. The van der Waals surface area contributed by atoms with Gasteiger partial charge in [-0.25, -0.2) is 9.78 Å². The Hall–Kier alpha value is -1.57. The van der Waals surface area contributed by atoms with E-state index in [4.69, 9.17) is 16.3 Å². The number of fused-ring (bicyclic) bond motifs is 1. The SMILES string of the molecule is C[Si](C)(C)CCOCn1cnc2cc(NC(=O)NCCCl)ccc21. The molecule has 0 saturated heterocycles. The maximum Gasteiger partial charge on any atom is 0.319 e. The lowest BCUT2D eigenvalue weighted by Crippen LogP contribution is -2.30. The number of ether oxygens (including phenoxy) is 1. The number of nitrogens with one attached hydrogen (secondary N) is 2. The first-order chi connectivity index (χ1) is 11.4. The number of halogens is 1. The fourth-order valence-electron chi connectivity index (χ4n) is 2.12. The highest BCUT2D eigenvalue weighted by Crippen LogP contribution is 2.18. The van der Waals surface area contributed by atoms with Crippen LogP contribution in [0.1, 0.15) is 0 Å². The number of hydrogen-bond donors (Lipinski definition) is 2. The van der Waals surface area contributed by atoms with Crippen LogP contribution in [0.2, 0.25) is 25.7 Å². The van der Waals surface area contributed by atoms with Gasteiger partial charge in [-0.3, -0.25) is 0 Å². The van der Waals surface area contributed by atoms with E-state index < -0.39 is 8.07 Å². The first kappa shape index (κ1) is 18.8. The van der Waals surface area contributed by atoms with E-state index in [0.717, 1.165) is 23.7 Å². The number of urea groups is 1. The first-order valence-corrected chi connectivity index (χ1v) is 12.3. The quantitative estimate of drug-likeness (QED) is 0.424. The predicted molar refractivity (Wildman–Crippen MR) is 102 cm³/mol. The largest absolute Gasteiger partial charge is 0.361 e. The van der Waals surface area contributed by atoms with Gasteiger partial charge in [0.2, 0.25) is 0 Å². The molecule has 1 aromatic carbocycles. The molecule has 0 spiro atoms. The Morgan fingerprint density at radius 1 is 1.38 bits per heavy atom. The van der Waals surface area contributed by atoms with Gasteiger partial charge in [-0.1, -0.05) is 19.6 Å². The van der Waals surface area contributed by atoms with E-state index in [1.54, 1.807) is 6.33 Å². The van der Waals surface area contributed by atoms with Crippen LogP contribution in [0.25, 0.3) is 11.0 Å². The number of aromatic nitrogens is 2. The summed E-state index contributed by atoms with van der Waals surface area (Å²) in [4.78, 5) is 16.0. The lowest BCUT2D eigenvalue weighted by Gasteiger charge is -2.15. The van der Waals surface area contributed by atoms with Crippen molar-refractivity contribution in [3.8, 4) is 0 Å². The summed E-state index contributed by atoms with van der Waals surface area (Å²) < 4.78 is 7.74. The number of alkyl halides is 1. The molecule has 2 amide bonds. The average molecular weight is 369 g/mol. The van der Waals surface area contributed by atoms with Crippen LogP contribution in [0, 0.1) is 0 Å². The summed E-state index contributed by atoms with van der Waals surface area (Å²) in [5.41, 5.74) is 2.49. The van der Waals surface area contributed by atoms with Crippen LogP contribution in [-0.2, 0) is 11.5 Å². The van der Waals surface area contributed by atoms with Crippen LogP contribution in [-0.4, -0.2) is 42.7 Å². The Kier molecular flexibility index (Phi) is 6.65. The molecule has 2 rings (SSSR count). The van der Waals surface area contributed by atoms with Crippen molar-refractivity contribution >= 4 is 42.4 Å². The summed E-state index contributed by atoms with van der Waals surface area (Å²) in [6, 6.07) is 6.49. The zero-order valence-corrected chi connectivity index (χ0v) is 16.2. The third kappa shape index (κ3) is 5.81. The van der Waals surface area contributed by atoms with Crippen LogP contribution >= 0.6 is 11.6 Å². The van der Waals surface area contributed by atoms with E-state index in [2.05, 4.69) is 35.3 Å². The second kappa shape index (κ2) is 8.50. The molecule has 0 bridgehead atoms. The molecule has 24 heavy (non-hydrogen) atoms. The fraction of sp³-hybridized carbons (Fsp3) is 0.500. The molecule has 0 saturated carbocycles. The Balaban J connectivity index is 1.94. The highest BCUT2D eigenvalue weighted by molar-refractivity contribution is 6.76. The molecule has 0 aliphatic carbocycles. The van der Waals surface area contributed by atoms with Crippen molar-refractivity contribution in [1.29, 1.82) is 0 Å². The third-order valence-corrected chi connectivity index (χ3v) is 5.38. The number of nitrogens with zero attached hydrogens (tertiary/aromatic N) is 2. The van der Waals surface area contributed by atoms with E-state index in [-0.39, 0.29) is 6.03 Å². The summed E-state index contributed by atoms with van der Waals surface area (Å²) in [6.07, 6.45) is 1.76. The van der Waals surface area contributed by atoms with Gasteiger partial charge in [0, 0.05) is 32.8 Å². The zero-order chi connectivity index (χ0) is 17.6. The molecule has 8 heteroatoms. The summed E-state index contributed by atoms with van der Waals surface area (Å²) in [6.45, 7) is 8.70. The molecule has 0 fully saturated rings. The second-order valence-electron chi connectivity index (χ2n) is 6.84. The topological polar surface area (TPSA) is 68.2 Å². The lowest BCUT2D eigenvalue weighted by molar-refractivity contribution is 0.0898. The minimum absolute atomic E-state index is 0.274. The molecular weight excluding hydrogens is 344 g/mol. The fourth-order valence-corrected chi connectivity index (χ4v) is 2.97. The molecule has 2 N–H and O–H groups in total. The van der Waals surface area contributed by atoms with Crippen molar-refractivity contribution in [2.24, 2.45) is 0 Å². The monoisotopic (exact) mass is 368 g/mol. The van der Waals surface area contributed by atoms with Crippen molar-refractivity contribution in [2.45, 2.75) is 32.4 Å². The van der Waals surface area contributed by atoms with Gasteiger partial charge < -0.3 is 19.9 Å². The van der Waals surface area contributed by atoms with Crippen molar-refractivity contribution < 1.29 is 9.53 Å². The van der Waals surface area contributed by atoms with Crippen molar-refractivity contribution in [1.82, 2.24) is 14.9 Å². The van der Waals surface area contributed by atoms with E-state index in [9.17, 15) is 4.79 Å². The molecule has 0 aliphatic heterocycles. The molecule has 132 valence electrons. The Bertz CT molecular complexity index is 684. The summed E-state index contributed by atoms with van der Waals surface area (Å²) in [5.74, 6) is 0.383. The van der Waals surface area contributed by atoms with Crippen LogP contribution in [0.3, 0.4) is 0 Å². The standard InChI is InChI=1S/C16H25ClN4O2Si/c1-24(2,3)9-8-23-12-21-11-19-14-10-13(4-5-15(14)21)20-16(22)18-7-6-17/h4-5,10-11H,6-9,12H2,1-3H3,(H2,18,20,22). The predicted octanol–water partition coefficient (Wildman–Crippen LogP) is 3.71. The van der Waals surface area contributed by atoms with Crippen molar-refractivity contribution in [2.75, 3.05) is 24.3 Å². The average Bonchev–Trinajstić information content (AvgIpc) is 2.91. The number of benzene rings is 1. The summed E-state index contributed by atoms with van der Waals surface area (Å²) in [5, 5.41) is 5.42. The zero-order valence-electron chi connectivity index (χ0n) is 14.4. The smallest absolute Gasteiger partial charge is 0.319 e. The van der Waals surface area contributed by atoms with Crippen LogP contribution < -0.4 is 10.6 Å². The molecule has 1 aromatic heterocycles. The highest BCUT2D eigenvalue weighted by atomic mass is 35.5. The van der Waals surface area contributed by atoms with Gasteiger partial charge in [-0.15, -0.1) is 11.6 Å². The second-order valence-corrected chi connectivity index (χ2v) is 12.8. The van der Waals surface area contributed by atoms with Crippen molar-refractivity contribution in [3.63, 3.8) is 0 Å². The van der Waals surface area contributed by atoms with Gasteiger partial charge in [0.05, 0.1) is 17.4 Å². The maximum atomic E-state index is 11.6. The van der Waals surface area contributed by atoms with Gasteiger partial charge in [0.15, 0.2) is 0 Å². The van der Waals surface area contributed by atoms with Gasteiger partial charge in [-0.05, 0) is 24.2 Å². The van der Waals surface area contributed by atoms with Gasteiger partial charge in [0.25, 0.3) is 0 Å². The number of carbonyl (C=O) groups is 1. The number of rotatable bonds is 8. The highest BCUT2D eigenvalue weighted by Gasteiger charge is 2.12. The van der Waals surface area contributed by atoms with E-state index in [1.165, 1.54) is 0 Å². The Morgan fingerprint density at radius 3 is 2.88 bits per heavy atom.